The van der Waals surface area contributed by atoms with Gasteiger partial charge in [0.2, 0.25) is 5.91 Å². The second-order valence-electron chi connectivity index (χ2n) is 6.80. The van der Waals surface area contributed by atoms with Gasteiger partial charge in [-0.2, -0.15) is 0 Å². The SMILES string of the molecule is CN=C(NCc1oc2ccccc2c1C)NC1CCN(C(=O)COC)CC1.I. The molecule has 0 bridgehead atoms. The van der Waals surface area contributed by atoms with Gasteiger partial charge in [0.05, 0.1) is 6.54 Å². The van der Waals surface area contributed by atoms with Gasteiger partial charge < -0.3 is 24.7 Å². The van der Waals surface area contributed by atoms with Gasteiger partial charge in [-0.15, -0.1) is 24.0 Å². The number of nitrogens with zero attached hydrogens (tertiary/aromatic N) is 2. The van der Waals surface area contributed by atoms with E-state index in [0.717, 1.165) is 54.2 Å². The van der Waals surface area contributed by atoms with Crippen LogP contribution in [0.5, 0.6) is 0 Å². The van der Waals surface area contributed by atoms with Crippen molar-refractivity contribution in [2.75, 3.05) is 33.9 Å². The summed E-state index contributed by atoms with van der Waals surface area (Å²) in [6.45, 7) is 4.27. The van der Waals surface area contributed by atoms with Gasteiger partial charge >= 0.3 is 0 Å². The fourth-order valence-corrected chi connectivity index (χ4v) is 3.43. The molecule has 0 saturated carbocycles. The molecule has 0 aliphatic carbocycles. The number of furan rings is 1. The summed E-state index contributed by atoms with van der Waals surface area (Å²) in [7, 11) is 3.31. The van der Waals surface area contributed by atoms with E-state index in [1.165, 1.54) is 0 Å². The van der Waals surface area contributed by atoms with Crippen LogP contribution in [0.1, 0.15) is 24.2 Å². The number of hydrogen-bond donors (Lipinski definition) is 2. The lowest BCUT2D eigenvalue weighted by atomic mass is 10.1. The lowest BCUT2D eigenvalue weighted by Gasteiger charge is -2.33. The Bertz CT molecular complexity index is 813. The van der Waals surface area contributed by atoms with Crippen molar-refractivity contribution in [2.24, 2.45) is 4.99 Å². The third kappa shape index (κ3) is 5.38. The monoisotopic (exact) mass is 500 g/mol. The van der Waals surface area contributed by atoms with Gasteiger partial charge in [-0.05, 0) is 25.8 Å². The van der Waals surface area contributed by atoms with Crippen molar-refractivity contribution < 1.29 is 13.9 Å². The molecule has 1 saturated heterocycles. The molecule has 0 atom stereocenters. The third-order valence-electron chi connectivity index (χ3n) is 5.04. The number of guanidine groups is 1. The maximum Gasteiger partial charge on any atom is 0.248 e. The Labute approximate surface area is 182 Å². The maximum absolute atomic E-state index is 11.9. The van der Waals surface area contributed by atoms with E-state index < -0.39 is 0 Å². The summed E-state index contributed by atoms with van der Waals surface area (Å²) in [6, 6.07) is 8.35. The average Bonchev–Trinajstić information content (AvgIpc) is 3.02. The molecule has 2 N–H and O–H groups in total. The number of fused-ring (bicyclic) bond motifs is 1. The van der Waals surface area contributed by atoms with Crippen molar-refractivity contribution in [3.8, 4) is 0 Å². The number of carbonyl (C=O) groups is 1. The van der Waals surface area contributed by atoms with Crippen LogP contribution >= 0.6 is 24.0 Å². The second-order valence-corrected chi connectivity index (χ2v) is 6.80. The summed E-state index contributed by atoms with van der Waals surface area (Å²) >= 11 is 0. The van der Waals surface area contributed by atoms with E-state index in [9.17, 15) is 4.79 Å². The highest BCUT2D eigenvalue weighted by Crippen LogP contribution is 2.24. The highest BCUT2D eigenvalue weighted by atomic mass is 127. The summed E-state index contributed by atoms with van der Waals surface area (Å²) in [6.07, 6.45) is 1.78. The van der Waals surface area contributed by atoms with Crippen molar-refractivity contribution in [1.82, 2.24) is 15.5 Å². The van der Waals surface area contributed by atoms with Crippen LogP contribution in [0, 0.1) is 6.92 Å². The molecule has 0 radical (unpaired) electrons. The number of aliphatic imine (C=N–C) groups is 1. The predicted molar refractivity (Wildman–Crippen MR) is 121 cm³/mol. The first-order valence-electron chi connectivity index (χ1n) is 9.33. The smallest absolute Gasteiger partial charge is 0.248 e. The number of hydrogen-bond acceptors (Lipinski definition) is 4. The van der Waals surface area contributed by atoms with Gasteiger partial charge in [0.1, 0.15) is 18.0 Å². The minimum atomic E-state index is 0. The number of methoxy groups -OCH3 is 1. The number of amides is 1. The quantitative estimate of drug-likeness (QED) is 0.375. The Morgan fingerprint density at radius 3 is 2.68 bits per heavy atom. The van der Waals surface area contributed by atoms with E-state index in [0.29, 0.717) is 12.6 Å². The highest BCUT2D eigenvalue weighted by molar-refractivity contribution is 14.0. The molecule has 7 nitrogen and oxygen atoms in total. The first-order chi connectivity index (χ1) is 13.1. The first-order valence-corrected chi connectivity index (χ1v) is 9.33. The van der Waals surface area contributed by atoms with Crippen molar-refractivity contribution in [3.63, 3.8) is 0 Å². The van der Waals surface area contributed by atoms with E-state index in [2.05, 4.69) is 28.6 Å². The lowest BCUT2D eigenvalue weighted by molar-refractivity contribution is -0.136. The van der Waals surface area contributed by atoms with Gasteiger partial charge in [-0.3, -0.25) is 9.79 Å². The molecule has 1 aliphatic heterocycles. The molecule has 1 aromatic carbocycles. The van der Waals surface area contributed by atoms with E-state index in [-0.39, 0.29) is 36.5 Å². The normalized spacial score (nSPS) is 15.4. The van der Waals surface area contributed by atoms with Crippen LogP contribution in [-0.4, -0.2) is 56.7 Å². The lowest BCUT2D eigenvalue weighted by Crippen LogP contribution is -2.50. The third-order valence-corrected chi connectivity index (χ3v) is 5.04. The molecule has 154 valence electrons. The zero-order valence-corrected chi connectivity index (χ0v) is 19.0. The molecule has 0 spiro atoms. The van der Waals surface area contributed by atoms with Gasteiger partial charge in [-0.25, -0.2) is 0 Å². The Kier molecular flexibility index (Phi) is 8.56. The fourth-order valence-electron chi connectivity index (χ4n) is 3.43. The number of benzene rings is 1. The molecule has 8 heteroatoms. The van der Waals surface area contributed by atoms with Crippen LogP contribution in [0.3, 0.4) is 0 Å². The Morgan fingerprint density at radius 2 is 2.04 bits per heavy atom. The number of halogens is 1. The van der Waals surface area contributed by atoms with Crippen LogP contribution in [-0.2, 0) is 16.1 Å². The average molecular weight is 500 g/mol. The summed E-state index contributed by atoms with van der Waals surface area (Å²) in [5, 5.41) is 7.93. The van der Waals surface area contributed by atoms with E-state index in [1.54, 1.807) is 14.2 Å². The number of likely N-dealkylation sites (tertiary alicyclic amines) is 1. The minimum Gasteiger partial charge on any atom is -0.459 e. The van der Waals surface area contributed by atoms with Crippen molar-refractivity contribution in [1.29, 1.82) is 0 Å². The Hall–Kier alpha value is -1.81. The topological polar surface area (TPSA) is 79.1 Å². The van der Waals surface area contributed by atoms with Crippen LogP contribution in [0.2, 0.25) is 0 Å². The second kappa shape index (κ2) is 10.7. The standard InChI is InChI=1S/C20H28N4O3.HI/c1-14-16-6-4-5-7-17(16)27-18(14)12-22-20(21-2)23-15-8-10-24(11-9-15)19(25)13-26-3;/h4-7,15H,8-13H2,1-3H3,(H2,21,22,23);1H. The van der Waals surface area contributed by atoms with E-state index >= 15 is 0 Å². The largest absolute Gasteiger partial charge is 0.459 e. The van der Waals surface area contributed by atoms with Crippen LogP contribution in [0.4, 0.5) is 0 Å². The number of nitrogens with one attached hydrogen (secondary N) is 2. The van der Waals surface area contributed by atoms with Crippen LogP contribution < -0.4 is 10.6 Å². The van der Waals surface area contributed by atoms with Gasteiger partial charge in [0, 0.05) is 44.2 Å². The van der Waals surface area contributed by atoms with Gasteiger partial charge in [0.15, 0.2) is 5.96 Å². The summed E-state index contributed by atoms with van der Waals surface area (Å²) in [5.74, 6) is 1.72. The molecule has 1 aromatic heterocycles. The molecule has 1 aliphatic rings. The van der Waals surface area contributed by atoms with Crippen molar-refractivity contribution >= 4 is 46.8 Å². The zero-order chi connectivity index (χ0) is 19.2. The first kappa shape index (κ1) is 22.5. The molecule has 2 aromatic rings. The molecular weight excluding hydrogens is 471 g/mol. The molecule has 28 heavy (non-hydrogen) atoms. The van der Waals surface area contributed by atoms with E-state index in [4.69, 9.17) is 9.15 Å². The Morgan fingerprint density at radius 1 is 1.32 bits per heavy atom. The highest BCUT2D eigenvalue weighted by Gasteiger charge is 2.23. The molecule has 2 heterocycles. The molecule has 0 unspecified atom stereocenters. The maximum atomic E-state index is 11.9. The van der Waals surface area contributed by atoms with E-state index in [1.807, 2.05) is 23.1 Å². The van der Waals surface area contributed by atoms with Crippen molar-refractivity contribution in [2.45, 2.75) is 32.4 Å². The Balaban J connectivity index is 0.00000280. The van der Waals surface area contributed by atoms with Gasteiger partial charge in [0.25, 0.3) is 0 Å². The number of aryl methyl sites for hydroxylation is 1. The predicted octanol–water partition coefficient (Wildman–Crippen LogP) is 2.66. The van der Waals surface area contributed by atoms with Crippen molar-refractivity contribution in [3.05, 3.63) is 35.6 Å². The minimum absolute atomic E-state index is 0. The summed E-state index contributed by atoms with van der Waals surface area (Å²) in [4.78, 5) is 18.1. The summed E-state index contributed by atoms with van der Waals surface area (Å²) in [5.41, 5.74) is 2.06. The zero-order valence-electron chi connectivity index (χ0n) is 16.7. The van der Waals surface area contributed by atoms with Gasteiger partial charge in [-0.1, -0.05) is 18.2 Å². The molecular formula is C20H29IN4O3. The number of ether oxygens (including phenoxy) is 1. The summed E-state index contributed by atoms with van der Waals surface area (Å²) < 4.78 is 10.9. The van der Waals surface area contributed by atoms with Crippen LogP contribution in [0.25, 0.3) is 11.0 Å². The molecule has 1 fully saturated rings. The van der Waals surface area contributed by atoms with Crippen LogP contribution in [0.15, 0.2) is 33.7 Å². The number of para-hydroxylation sites is 1. The molecule has 1 amide bonds. The number of rotatable bonds is 5. The number of piperidine rings is 1. The number of carbonyl (C=O) groups excluding carboxylic acids is 1. The fraction of sp³-hybridized carbons (Fsp3) is 0.500. The molecule has 3 rings (SSSR count).